The molecule has 1 aromatic heterocycles. The largest absolute Gasteiger partial charge is 0.307 e. The summed E-state index contributed by atoms with van der Waals surface area (Å²) in [7, 11) is 2.04. The van der Waals surface area contributed by atoms with Gasteiger partial charge in [-0.05, 0) is 50.3 Å². The molecular formula is C17H22N2S. The van der Waals surface area contributed by atoms with Crippen LogP contribution in [0.5, 0.6) is 0 Å². The van der Waals surface area contributed by atoms with Gasteiger partial charge in [-0.25, -0.2) is 4.98 Å². The second-order valence-electron chi connectivity index (χ2n) is 5.40. The first-order valence-corrected chi connectivity index (χ1v) is 8.38. The second-order valence-corrected chi connectivity index (χ2v) is 6.52. The van der Waals surface area contributed by atoms with Crippen molar-refractivity contribution in [3.8, 4) is 0 Å². The molecule has 3 rings (SSSR count). The van der Waals surface area contributed by atoms with E-state index in [-0.39, 0.29) is 6.04 Å². The normalized spacial score (nSPS) is 15.9. The van der Waals surface area contributed by atoms with Crippen LogP contribution in [-0.4, -0.2) is 12.0 Å². The van der Waals surface area contributed by atoms with Crippen LogP contribution < -0.4 is 5.32 Å². The molecule has 1 N–H and O–H groups in total. The molecule has 2 nitrogen and oxygen atoms in total. The molecule has 0 amide bonds. The van der Waals surface area contributed by atoms with Crippen LogP contribution in [0.25, 0.3) is 0 Å². The van der Waals surface area contributed by atoms with E-state index in [2.05, 4.69) is 36.5 Å². The fourth-order valence-corrected chi connectivity index (χ4v) is 4.33. The van der Waals surface area contributed by atoms with Crippen LogP contribution in [0.1, 0.15) is 52.5 Å². The molecule has 20 heavy (non-hydrogen) atoms. The van der Waals surface area contributed by atoms with E-state index in [1.54, 1.807) is 0 Å². The quantitative estimate of drug-likeness (QED) is 0.922. The average molecular weight is 286 g/mol. The van der Waals surface area contributed by atoms with Gasteiger partial charge in [0.25, 0.3) is 0 Å². The molecule has 0 aliphatic heterocycles. The number of benzene rings is 1. The molecule has 106 valence electrons. The Bertz CT molecular complexity index is 565. The van der Waals surface area contributed by atoms with Crippen molar-refractivity contribution < 1.29 is 0 Å². The fourth-order valence-electron chi connectivity index (χ4n) is 3.05. The molecule has 1 aliphatic carbocycles. The van der Waals surface area contributed by atoms with Crippen molar-refractivity contribution in [1.82, 2.24) is 10.3 Å². The van der Waals surface area contributed by atoms with Gasteiger partial charge in [-0.3, -0.25) is 0 Å². The van der Waals surface area contributed by atoms with E-state index >= 15 is 0 Å². The molecule has 3 heteroatoms. The third-order valence-corrected chi connectivity index (χ3v) is 5.37. The van der Waals surface area contributed by atoms with Gasteiger partial charge in [0.2, 0.25) is 0 Å². The zero-order valence-corrected chi connectivity index (χ0v) is 13.1. The highest BCUT2D eigenvalue weighted by Gasteiger charge is 2.22. The van der Waals surface area contributed by atoms with Crippen LogP contribution in [0.2, 0.25) is 0 Å². The molecule has 0 radical (unpaired) electrons. The van der Waals surface area contributed by atoms with Gasteiger partial charge >= 0.3 is 0 Å². The van der Waals surface area contributed by atoms with Crippen LogP contribution in [0.15, 0.2) is 24.3 Å². The van der Waals surface area contributed by atoms with E-state index < -0.39 is 0 Å². The summed E-state index contributed by atoms with van der Waals surface area (Å²) in [5.74, 6) is 0. The molecule has 0 bridgehead atoms. The van der Waals surface area contributed by atoms with Crippen LogP contribution in [0, 0.1) is 0 Å². The van der Waals surface area contributed by atoms with Gasteiger partial charge < -0.3 is 5.32 Å². The highest BCUT2D eigenvalue weighted by atomic mass is 32.1. The zero-order valence-electron chi connectivity index (χ0n) is 12.3. The number of nitrogens with zero attached hydrogens (tertiary/aromatic N) is 1. The van der Waals surface area contributed by atoms with Crippen LogP contribution >= 0.6 is 11.3 Å². The Morgan fingerprint density at radius 3 is 2.80 bits per heavy atom. The minimum absolute atomic E-state index is 0.238. The monoisotopic (exact) mass is 286 g/mol. The number of nitrogens with one attached hydrogen (secondary N) is 1. The summed E-state index contributed by atoms with van der Waals surface area (Å²) in [5.41, 5.74) is 4.15. The lowest BCUT2D eigenvalue weighted by molar-refractivity contribution is 0.658. The van der Waals surface area contributed by atoms with Crippen molar-refractivity contribution in [2.75, 3.05) is 7.05 Å². The Morgan fingerprint density at radius 2 is 2.05 bits per heavy atom. The molecule has 2 aromatic rings. The van der Waals surface area contributed by atoms with Crippen molar-refractivity contribution in [2.24, 2.45) is 0 Å². The molecule has 0 saturated heterocycles. The first-order valence-electron chi connectivity index (χ1n) is 7.57. The predicted molar refractivity (Wildman–Crippen MR) is 85.5 cm³/mol. The lowest BCUT2D eigenvalue weighted by Crippen LogP contribution is -2.19. The maximum Gasteiger partial charge on any atom is 0.115 e. The van der Waals surface area contributed by atoms with E-state index in [9.17, 15) is 0 Å². The lowest BCUT2D eigenvalue weighted by Gasteiger charge is -2.17. The summed E-state index contributed by atoms with van der Waals surface area (Å²) in [4.78, 5) is 6.44. The van der Waals surface area contributed by atoms with Gasteiger partial charge in [0.15, 0.2) is 0 Å². The van der Waals surface area contributed by atoms with Gasteiger partial charge in [-0.2, -0.15) is 0 Å². The lowest BCUT2D eigenvalue weighted by atomic mass is 9.99. The van der Waals surface area contributed by atoms with Gasteiger partial charge in [-0.1, -0.05) is 31.2 Å². The number of hydrogen-bond acceptors (Lipinski definition) is 3. The van der Waals surface area contributed by atoms with Crippen molar-refractivity contribution in [2.45, 2.75) is 45.1 Å². The van der Waals surface area contributed by atoms with E-state index in [1.165, 1.54) is 46.0 Å². The third kappa shape index (κ3) is 2.52. The first-order chi connectivity index (χ1) is 9.83. The number of fused-ring (bicyclic) bond motifs is 1. The van der Waals surface area contributed by atoms with E-state index in [0.717, 1.165) is 12.8 Å². The van der Waals surface area contributed by atoms with Gasteiger partial charge in [0.1, 0.15) is 5.01 Å². The standard InChI is InChI=1S/C17H22N2S/c1-3-12-8-4-5-9-13(12)16(18-2)17-19-14-10-6-7-11-15(14)20-17/h4-5,8-9,16,18H,3,6-7,10-11H2,1-2H3. The van der Waals surface area contributed by atoms with Gasteiger partial charge in [0.05, 0.1) is 11.7 Å². The Kier molecular flexibility index (Phi) is 4.18. The summed E-state index contributed by atoms with van der Waals surface area (Å²) < 4.78 is 0. The molecule has 1 unspecified atom stereocenters. The Morgan fingerprint density at radius 1 is 1.25 bits per heavy atom. The van der Waals surface area contributed by atoms with Gasteiger partial charge in [-0.15, -0.1) is 11.3 Å². The predicted octanol–water partition coefficient (Wildman–Crippen LogP) is 3.89. The van der Waals surface area contributed by atoms with Crippen LogP contribution in [0.4, 0.5) is 0 Å². The van der Waals surface area contributed by atoms with Crippen LogP contribution in [0.3, 0.4) is 0 Å². The van der Waals surface area contributed by atoms with Crippen LogP contribution in [-0.2, 0) is 19.3 Å². The van der Waals surface area contributed by atoms with Gasteiger partial charge in [0, 0.05) is 4.88 Å². The minimum Gasteiger partial charge on any atom is -0.307 e. The molecule has 0 fully saturated rings. The summed E-state index contributed by atoms with van der Waals surface area (Å²) in [5, 5.41) is 4.70. The highest BCUT2D eigenvalue weighted by Crippen LogP contribution is 2.33. The van der Waals surface area contributed by atoms with Crippen molar-refractivity contribution in [3.05, 3.63) is 51.0 Å². The Labute approximate surface area is 125 Å². The summed E-state index contributed by atoms with van der Waals surface area (Å²) in [6, 6.07) is 8.96. The molecule has 0 spiro atoms. The molecule has 1 aromatic carbocycles. The maximum absolute atomic E-state index is 4.93. The minimum atomic E-state index is 0.238. The Hall–Kier alpha value is -1.19. The third-order valence-electron chi connectivity index (χ3n) is 4.14. The molecular weight excluding hydrogens is 264 g/mol. The number of aryl methyl sites for hydroxylation is 3. The van der Waals surface area contributed by atoms with E-state index in [0.29, 0.717) is 0 Å². The number of thiazole rings is 1. The molecule has 1 atom stereocenters. The summed E-state index contributed by atoms with van der Waals surface area (Å²) in [6.45, 7) is 2.22. The van der Waals surface area contributed by atoms with E-state index in [1.807, 2.05) is 18.4 Å². The molecule has 1 aliphatic rings. The topological polar surface area (TPSA) is 24.9 Å². The zero-order chi connectivity index (χ0) is 13.9. The average Bonchev–Trinajstić information content (AvgIpc) is 2.92. The highest BCUT2D eigenvalue weighted by molar-refractivity contribution is 7.11. The second kappa shape index (κ2) is 6.06. The smallest absolute Gasteiger partial charge is 0.115 e. The summed E-state index contributed by atoms with van der Waals surface area (Å²) >= 11 is 1.91. The maximum atomic E-state index is 4.93. The number of aromatic nitrogens is 1. The number of rotatable bonds is 4. The molecule has 0 saturated carbocycles. The number of hydrogen-bond donors (Lipinski definition) is 1. The van der Waals surface area contributed by atoms with E-state index in [4.69, 9.17) is 4.98 Å². The van der Waals surface area contributed by atoms with Crippen molar-refractivity contribution in [3.63, 3.8) is 0 Å². The van der Waals surface area contributed by atoms with Crippen molar-refractivity contribution in [1.29, 1.82) is 0 Å². The SMILES string of the molecule is CCc1ccccc1C(NC)c1nc2c(s1)CCCC2. The fraction of sp³-hybridized carbons (Fsp3) is 0.471. The Balaban J connectivity index is 1.99. The first kappa shape index (κ1) is 13.8. The summed E-state index contributed by atoms with van der Waals surface area (Å²) in [6.07, 6.45) is 6.08. The molecule has 1 heterocycles. The van der Waals surface area contributed by atoms with Crippen molar-refractivity contribution >= 4 is 11.3 Å².